The second-order valence-electron chi connectivity index (χ2n) is 10.2. The largest absolute Gasteiger partial charge is 0.441 e. The van der Waals surface area contributed by atoms with Crippen molar-refractivity contribution in [2.75, 3.05) is 24.5 Å². The minimum Gasteiger partial charge on any atom is -0.441 e. The zero-order chi connectivity index (χ0) is 24.9. The van der Waals surface area contributed by atoms with Crippen LogP contribution in [0.2, 0.25) is 5.02 Å². The first kappa shape index (κ1) is 23.4. The van der Waals surface area contributed by atoms with Crippen LogP contribution in [-0.4, -0.2) is 36.2 Å². The number of rotatable bonds is 5. The van der Waals surface area contributed by atoms with Crippen molar-refractivity contribution in [2.45, 2.75) is 43.7 Å². The van der Waals surface area contributed by atoms with E-state index < -0.39 is 17.2 Å². The maximum atomic E-state index is 14.6. The molecule has 3 aromatic rings. The van der Waals surface area contributed by atoms with E-state index >= 15 is 0 Å². The van der Waals surface area contributed by atoms with Crippen LogP contribution in [0.15, 0.2) is 60.7 Å². The molecule has 1 saturated carbocycles. The Bertz CT molecular complexity index is 1300. The molecule has 0 aromatic heterocycles. The van der Waals surface area contributed by atoms with E-state index in [4.69, 9.17) is 16.3 Å². The number of ether oxygens (including phenoxy) is 1. The van der Waals surface area contributed by atoms with Crippen molar-refractivity contribution in [2.24, 2.45) is 0 Å². The van der Waals surface area contributed by atoms with Crippen LogP contribution in [0.25, 0.3) is 11.1 Å². The summed E-state index contributed by atoms with van der Waals surface area (Å²) in [5.41, 5.74) is 3.56. The van der Waals surface area contributed by atoms with Gasteiger partial charge in [0.25, 0.3) is 0 Å². The minimum absolute atomic E-state index is 0.279. The highest BCUT2D eigenvalue weighted by molar-refractivity contribution is 6.33. The van der Waals surface area contributed by atoms with Gasteiger partial charge in [-0.2, -0.15) is 0 Å². The first-order valence-electron chi connectivity index (χ1n) is 12.5. The Labute approximate surface area is 214 Å². The molecule has 4 nitrogen and oxygen atoms in total. The van der Waals surface area contributed by atoms with Crippen LogP contribution in [0.4, 0.5) is 19.3 Å². The maximum absolute atomic E-state index is 14.6. The van der Waals surface area contributed by atoms with Gasteiger partial charge in [0.2, 0.25) is 0 Å². The molecule has 2 heterocycles. The highest BCUT2D eigenvalue weighted by atomic mass is 35.5. The van der Waals surface area contributed by atoms with E-state index in [1.54, 1.807) is 4.90 Å². The second kappa shape index (κ2) is 9.16. The predicted octanol–water partition coefficient (Wildman–Crippen LogP) is 7.15. The fourth-order valence-corrected chi connectivity index (χ4v) is 5.89. The number of hydrogen-bond donors (Lipinski definition) is 0. The van der Waals surface area contributed by atoms with Crippen molar-refractivity contribution >= 4 is 23.4 Å². The number of carbonyl (C=O) groups excluding carboxylic acids is 1. The Morgan fingerprint density at radius 3 is 2.44 bits per heavy atom. The molecule has 36 heavy (non-hydrogen) atoms. The summed E-state index contributed by atoms with van der Waals surface area (Å²) in [5, 5.41) is 0.497. The highest BCUT2D eigenvalue weighted by Gasteiger charge is 2.47. The smallest absolute Gasteiger partial charge is 0.415 e. The van der Waals surface area contributed by atoms with Gasteiger partial charge in [-0.15, -0.1) is 0 Å². The van der Waals surface area contributed by atoms with Gasteiger partial charge in [0.1, 0.15) is 17.2 Å². The average molecular weight is 509 g/mol. The molecule has 0 unspecified atom stereocenters. The van der Waals surface area contributed by atoms with Crippen LogP contribution in [0.5, 0.6) is 0 Å². The molecule has 1 spiro atoms. The molecule has 0 atom stereocenters. The number of hydrogen-bond acceptors (Lipinski definition) is 3. The molecule has 3 aliphatic rings. The van der Waals surface area contributed by atoms with E-state index in [2.05, 4.69) is 11.0 Å². The number of carbonyl (C=O) groups is 1. The minimum atomic E-state index is -0.598. The maximum Gasteiger partial charge on any atom is 0.415 e. The van der Waals surface area contributed by atoms with Gasteiger partial charge in [-0.25, -0.2) is 13.6 Å². The topological polar surface area (TPSA) is 32.8 Å². The van der Waals surface area contributed by atoms with Crippen LogP contribution >= 0.6 is 11.6 Å². The van der Waals surface area contributed by atoms with E-state index in [0.29, 0.717) is 28.6 Å². The van der Waals surface area contributed by atoms with Gasteiger partial charge in [0.15, 0.2) is 0 Å². The molecule has 1 amide bonds. The molecular weight excluding hydrogens is 482 g/mol. The summed E-state index contributed by atoms with van der Waals surface area (Å²) in [6.07, 6.45) is 3.35. The molecule has 7 heteroatoms. The van der Waals surface area contributed by atoms with Gasteiger partial charge < -0.3 is 4.74 Å². The third-order valence-corrected chi connectivity index (χ3v) is 7.91. The van der Waals surface area contributed by atoms with Crippen molar-refractivity contribution in [1.29, 1.82) is 0 Å². The lowest BCUT2D eigenvalue weighted by Gasteiger charge is -2.37. The van der Waals surface area contributed by atoms with E-state index in [9.17, 15) is 13.6 Å². The summed E-state index contributed by atoms with van der Waals surface area (Å²) >= 11 is 6.72. The molecule has 2 saturated heterocycles. The van der Waals surface area contributed by atoms with Crippen molar-refractivity contribution in [3.05, 3.63) is 88.4 Å². The van der Waals surface area contributed by atoms with Gasteiger partial charge in [-0.1, -0.05) is 35.9 Å². The summed E-state index contributed by atoms with van der Waals surface area (Å²) in [5.74, 6) is -0.836. The molecule has 3 aromatic carbocycles. The molecule has 0 N–H and O–H groups in total. The zero-order valence-corrected chi connectivity index (χ0v) is 20.6. The van der Waals surface area contributed by atoms with Crippen LogP contribution in [0.3, 0.4) is 0 Å². The average Bonchev–Trinajstić information content (AvgIpc) is 3.66. The number of amides is 1. The fraction of sp³-hybridized carbons (Fsp3) is 0.345. The first-order valence-corrected chi connectivity index (χ1v) is 12.8. The van der Waals surface area contributed by atoms with Crippen molar-refractivity contribution in [1.82, 2.24) is 4.90 Å². The number of likely N-dealkylation sites (tertiary alicyclic amines) is 1. The Morgan fingerprint density at radius 1 is 1.00 bits per heavy atom. The molecule has 1 aliphatic carbocycles. The van der Waals surface area contributed by atoms with Gasteiger partial charge in [0, 0.05) is 60.4 Å². The monoisotopic (exact) mass is 508 g/mol. The number of para-hydroxylation sites is 1. The number of benzene rings is 3. The van der Waals surface area contributed by atoms with Gasteiger partial charge in [0.05, 0.1) is 6.54 Å². The van der Waals surface area contributed by atoms with Crippen LogP contribution < -0.4 is 4.90 Å². The van der Waals surface area contributed by atoms with Crippen molar-refractivity contribution in [3.63, 3.8) is 0 Å². The summed E-state index contributed by atoms with van der Waals surface area (Å²) in [6, 6.07) is 17.3. The highest BCUT2D eigenvalue weighted by Crippen LogP contribution is 2.48. The van der Waals surface area contributed by atoms with Crippen molar-refractivity contribution < 1.29 is 18.3 Å². The lowest BCUT2D eigenvalue weighted by atomic mass is 9.90. The molecule has 3 fully saturated rings. The van der Waals surface area contributed by atoms with E-state index in [1.165, 1.54) is 12.1 Å². The summed E-state index contributed by atoms with van der Waals surface area (Å²) in [7, 11) is 0. The molecule has 186 valence electrons. The predicted molar refractivity (Wildman–Crippen MR) is 136 cm³/mol. The fourth-order valence-electron chi connectivity index (χ4n) is 5.54. The molecule has 2 aliphatic heterocycles. The summed E-state index contributed by atoms with van der Waals surface area (Å²) in [6.45, 7) is 2.90. The summed E-state index contributed by atoms with van der Waals surface area (Å²) < 4.78 is 34.0. The number of anilines is 1. The Kier molecular flexibility index (Phi) is 5.97. The first-order chi connectivity index (χ1) is 17.4. The SMILES string of the molecule is O=C1OC2(CCN(Cc3cc(Cl)c(-c4ccc(F)cc4F)c(C4CC4)c3)CC2)CN1c1ccccc1. The molecule has 0 bridgehead atoms. The lowest BCUT2D eigenvalue weighted by Crippen LogP contribution is -2.46. The number of halogens is 3. The van der Waals surface area contributed by atoms with E-state index in [1.807, 2.05) is 36.4 Å². The standard InChI is InChI=1S/C29H27ClF2N2O2/c30-25-15-19(14-24(20-6-7-20)27(25)23-9-8-21(31)16-26(23)32)17-33-12-10-29(11-13-33)18-34(28(35)36-29)22-4-2-1-3-5-22/h1-5,8-9,14-16,20H,6-7,10-13,17-18H2. The van der Waals surface area contributed by atoms with Crippen molar-refractivity contribution in [3.8, 4) is 11.1 Å². The molecule has 6 rings (SSSR count). The van der Waals surface area contributed by atoms with Gasteiger partial charge >= 0.3 is 6.09 Å². The van der Waals surface area contributed by atoms with E-state index in [-0.39, 0.29) is 6.09 Å². The van der Waals surface area contributed by atoms with Gasteiger partial charge in [-0.3, -0.25) is 9.80 Å². The Morgan fingerprint density at radius 2 is 1.75 bits per heavy atom. The quantitative estimate of drug-likeness (QED) is 0.367. The van der Waals surface area contributed by atoms with Gasteiger partial charge in [-0.05, 0) is 60.2 Å². The number of nitrogens with zero attached hydrogens (tertiary/aromatic N) is 2. The molecular formula is C29H27ClF2N2O2. The normalized spacial score (nSPS) is 19.6. The second-order valence-corrected chi connectivity index (χ2v) is 10.6. The Hall–Kier alpha value is -2.96. The zero-order valence-electron chi connectivity index (χ0n) is 19.9. The lowest BCUT2D eigenvalue weighted by molar-refractivity contribution is -0.000975. The third kappa shape index (κ3) is 4.48. The van der Waals surface area contributed by atoms with Crippen LogP contribution in [0.1, 0.15) is 42.7 Å². The summed E-state index contributed by atoms with van der Waals surface area (Å²) in [4.78, 5) is 16.7. The molecule has 0 radical (unpaired) electrons. The van der Waals surface area contributed by atoms with E-state index in [0.717, 1.165) is 68.2 Å². The van der Waals surface area contributed by atoms with Crippen LogP contribution in [0, 0.1) is 11.6 Å². The Balaban J connectivity index is 1.17. The van der Waals surface area contributed by atoms with Crippen LogP contribution in [-0.2, 0) is 11.3 Å². The number of piperidine rings is 1. The third-order valence-electron chi connectivity index (χ3n) is 7.61.